The maximum Gasteiger partial charge on any atom is 0.418 e. The Kier molecular flexibility index (Phi) is 4.91. The van der Waals surface area contributed by atoms with Crippen LogP contribution in [0.15, 0.2) is 48.9 Å². The second kappa shape index (κ2) is 7.86. The normalized spacial score (nSPS) is 13.4. The minimum atomic E-state index is -4.71. The lowest BCUT2D eigenvalue weighted by Crippen LogP contribution is -2.16. The highest BCUT2D eigenvalue weighted by molar-refractivity contribution is 6.10. The number of hydrogen-bond acceptors (Lipinski definition) is 3. The van der Waals surface area contributed by atoms with E-state index in [1.165, 1.54) is 39.4 Å². The average Bonchev–Trinajstić information content (AvgIpc) is 3.40. The minimum Gasteiger partial charge on any atom is -0.381 e. The van der Waals surface area contributed by atoms with E-state index in [0.717, 1.165) is 6.20 Å². The third-order valence-electron chi connectivity index (χ3n) is 6.60. The van der Waals surface area contributed by atoms with E-state index in [2.05, 4.69) is 10.3 Å². The fraction of sp³-hybridized carbons (Fsp3) is 0.154. The number of halogens is 6. The van der Waals surface area contributed by atoms with Gasteiger partial charge in [-0.25, -0.2) is 18.2 Å². The van der Waals surface area contributed by atoms with Crippen molar-refractivity contribution in [2.45, 2.75) is 19.5 Å². The van der Waals surface area contributed by atoms with Gasteiger partial charge in [0.1, 0.15) is 0 Å². The van der Waals surface area contributed by atoms with Crippen LogP contribution in [0, 0.1) is 24.4 Å². The molecule has 188 valence electrons. The Balaban J connectivity index is 1.66. The number of nitrogens with zero attached hydrogens (tertiary/aromatic N) is 3. The van der Waals surface area contributed by atoms with Crippen LogP contribution in [0.1, 0.15) is 32.9 Å². The van der Waals surface area contributed by atoms with Crippen LogP contribution < -0.4 is 5.32 Å². The van der Waals surface area contributed by atoms with Crippen LogP contribution in [0.25, 0.3) is 22.3 Å². The van der Waals surface area contributed by atoms with Gasteiger partial charge in [0.2, 0.25) is 5.78 Å². The number of carbonyl (C=O) groups excluding carboxylic acids is 1. The van der Waals surface area contributed by atoms with Crippen molar-refractivity contribution < 1.29 is 31.1 Å². The smallest absolute Gasteiger partial charge is 0.381 e. The number of aryl methyl sites for hydroxylation is 1. The van der Waals surface area contributed by atoms with Crippen molar-refractivity contribution in [3.8, 4) is 11.1 Å². The third kappa shape index (κ3) is 3.40. The van der Waals surface area contributed by atoms with E-state index in [4.69, 9.17) is 0 Å². The Morgan fingerprint density at radius 3 is 2.51 bits per heavy atom. The summed E-state index contributed by atoms with van der Waals surface area (Å²) in [6.45, 7) is 1.89. The number of hydrogen-bond donors (Lipinski definition) is 1. The van der Waals surface area contributed by atoms with E-state index in [1.54, 1.807) is 6.92 Å². The SMILES string of the molecule is Cc1cnc2c3c(c(C(F)(F)F)cn12)-c1cccn2c(C(=O)c4cc(F)c(F)c(F)c4)cc(c12)CCN3. The van der Waals surface area contributed by atoms with Gasteiger partial charge in [-0.15, -0.1) is 0 Å². The standard InChI is InChI=1S/C26H16F6N4O/c1-12-10-34-25-22-20(16(11-36(12)25)26(30,31)32)15-3-2-6-35-19(9-13(23(15)35)4-5-33-22)24(37)14-7-17(27)21(29)18(28)8-14/h2-3,6-11,33H,4-5H2,1H3. The molecule has 11 heteroatoms. The van der Waals surface area contributed by atoms with Gasteiger partial charge in [0.15, 0.2) is 23.1 Å². The van der Waals surface area contributed by atoms with Gasteiger partial charge in [-0.1, -0.05) is 6.07 Å². The number of benzene rings is 1. The molecule has 0 atom stereocenters. The largest absolute Gasteiger partial charge is 0.418 e. The Hall–Kier alpha value is -4.28. The summed E-state index contributed by atoms with van der Waals surface area (Å²) in [5, 5.41) is 3.09. The summed E-state index contributed by atoms with van der Waals surface area (Å²) in [6, 6.07) is 5.69. The molecule has 6 rings (SSSR count). The molecule has 1 aliphatic rings. The van der Waals surface area contributed by atoms with Crippen molar-refractivity contribution >= 4 is 22.6 Å². The second-order valence-electron chi connectivity index (χ2n) is 8.84. The van der Waals surface area contributed by atoms with Crippen LogP contribution >= 0.6 is 0 Å². The molecule has 0 fully saturated rings. The summed E-state index contributed by atoms with van der Waals surface area (Å²) in [4.78, 5) is 17.6. The van der Waals surface area contributed by atoms with Crippen LogP contribution in [0.5, 0.6) is 0 Å². The summed E-state index contributed by atoms with van der Waals surface area (Å²) in [5.41, 5.74) is 0.742. The molecular formula is C26H16F6N4O. The lowest BCUT2D eigenvalue weighted by Gasteiger charge is -2.23. The fourth-order valence-corrected chi connectivity index (χ4v) is 4.96. The molecule has 4 aromatic heterocycles. The van der Waals surface area contributed by atoms with Crippen molar-refractivity contribution in [3.63, 3.8) is 0 Å². The lowest BCUT2D eigenvalue weighted by atomic mass is 9.95. The number of aromatic nitrogens is 3. The highest BCUT2D eigenvalue weighted by atomic mass is 19.4. The summed E-state index contributed by atoms with van der Waals surface area (Å²) in [6.07, 6.45) is -0.399. The second-order valence-corrected chi connectivity index (χ2v) is 8.84. The first kappa shape index (κ1) is 23.1. The average molecular weight is 514 g/mol. The Morgan fingerprint density at radius 2 is 1.81 bits per heavy atom. The quantitative estimate of drug-likeness (QED) is 0.174. The number of rotatable bonds is 2. The molecule has 0 spiro atoms. The molecule has 0 saturated carbocycles. The third-order valence-corrected chi connectivity index (χ3v) is 6.60. The summed E-state index contributed by atoms with van der Waals surface area (Å²) in [5.74, 6) is -5.54. The van der Waals surface area contributed by atoms with Gasteiger partial charge in [0, 0.05) is 47.5 Å². The van der Waals surface area contributed by atoms with Gasteiger partial charge in [0.25, 0.3) is 0 Å². The first-order valence-electron chi connectivity index (χ1n) is 11.2. The molecule has 1 aliphatic heterocycles. The van der Waals surface area contributed by atoms with Crippen molar-refractivity contribution in [1.29, 1.82) is 0 Å². The van der Waals surface area contributed by atoms with Crippen molar-refractivity contribution in [1.82, 2.24) is 13.8 Å². The van der Waals surface area contributed by atoms with Gasteiger partial charge >= 0.3 is 6.18 Å². The minimum absolute atomic E-state index is 0.0213. The zero-order chi connectivity index (χ0) is 26.2. The Bertz CT molecular complexity index is 1740. The van der Waals surface area contributed by atoms with Crippen molar-refractivity contribution in [2.24, 2.45) is 0 Å². The summed E-state index contributed by atoms with van der Waals surface area (Å²) in [7, 11) is 0. The van der Waals surface area contributed by atoms with E-state index in [1.807, 2.05) is 0 Å². The predicted molar refractivity (Wildman–Crippen MR) is 123 cm³/mol. The number of pyridine rings is 2. The first-order chi connectivity index (χ1) is 17.6. The zero-order valence-corrected chi connectivity index (χ0v) is 19.1. The highest BCUT2D eigenvalue weighted by Crippen LogP contribution is 2.46. The molecule has 37 heavy (non-hydrogen) atoms. The fourth-order valence-electron chi connectivity index (χ4n) is 4.96. The van der Waals surface area contributed by atoms with Crippen molar-refractivity contribution in [3.05, 3.63) is 94.5 Å². The van der Waals surface area contributed by atoms with E-state index < -0.39 is 40.5 Å². The molecule has 0 aliphatic carbocycles. The highest BCUT2D eigenvalue weighted by Gasteiger charge is 2.38. The number of ketones is 1. The van der Waals surface area contributed by atoms with Gasteiger partial charge < -0.3 is 14.1 Å². The molecule has 5 aromatic rings. The maximum absolute atomic E-state index is 14.4. The van der Waals surface area contributed by atoms with E-state index in [0.29, 0.717) is 41.0 Å². The van der Waals surface area contributed by atoms with Gasteiger partial charge in [0.05, 0.1) is 22.5 Å². The first-order valence-corrected chi connectivity index (χ1v) is 11.2. The number of anilines is 1. The number of alkyl halides is 3. The molecule has 5 nitrogen and oxygen atoms in total. The maximum atomic E-state index is 14.4. The Morgan fingerprint density at radius 1 is 1.08 bits per heavy atom. The van der Waals surface area contributed by atoms with Crippen LogP contribution in [0.4, 0.5) is 32.0 Å². The van der Waals surface area contributed by atoms with Crippen LogP contribution in [-0.2, 0) is 12.6 Å². The number of imidazole rings is 1. The molecule has 0 radical (unpaired) electrons. The Labute approximate surface area is 205 Å². The van der Waals surface area contributed by atoms with Crippen LogP contribution in [0.3, 0.4) is 0 Å². The molecule has 5 heterocycles. The number of nitrogens with one attached hydrogen (secondary N) is 1. The van der Waals surface area contributed by atoms with Crippen molar-refractivity contribution in [2.75, 3.05) is 11.9 Å². The van der Waals surface area contributed by atoms with Crippen LogP contribution in [-0.4, -0.2) is 26.1 Å². The number of fused-ring (bicyclic) bond motifs is 4. The lowest BCUT2D eigenvalue weighted by molar-refractivity contribution is -0.137. The topological polar surface area (TPSA) is 50.8 Å². The van der Waals surface area contributed by atoms with Crippen LogP contribution in [0.2, 0.25) is 0 Å². The zero-order valence-electron chi connectivity index (χ0n) is 19.1. The molecule has 0 bridgehead atoms. The monoisotopic (exact) mass is 514 g/mol. The molecule has 0 amide bonds. The summed E-state index contributed by atoms with van der Waals surface area (Å²) < 4.78 is 87.0. The summed E-state index contributed by atoms with van der Waals surface area (Å²) >= 11 is 0. The van der Waals surface area contributed by atoms with E-state index >= 15 is 0 Å². The molecular weight excluding hydrogens is 498 g/mol. The van der Waals surface area contributed by atoms with E-state index in [9.17, 15) is 31.1 Å². The molecule has 0 unspecified atom stereocenters. The predicted octanol–water partition coefficient (Wildman–Crippen LogP) is 6.20. The molecule has 1 aromatic carbocycles. The number of carbonyl (C=O) groups is 1. The van der Waals surface area contributed by atoms with Gasteiger partial charge in [-0.3, -0.25) is 4.79 Å². The molecule has 0 saturated heterocycles. The van der Waals surface area contributed by atoms with Gasteiger partial charge in [-0.2, -0.15) is 13.2 Å². The molecule has 1 N–H and O–H groups in total. The van der Waals surface area contributed by atoms with Gasteiger partial charge in [-0.05, 0) is 43.2 Å². The van der Waals surface area contributed by atoms with E-state index in [-0.39, 0.29) is 29.1 Å².